The Morgan fingerprint density at radius 2 is 2.21 bits per heavy atom. The molecule has 1 aromatic heterocycles. The Labute approximate surface area is 85.1 Å². The smallest absolute Gasteiger partial charge is 0.122 e. The van der Waals surface area contributed by atoms with Gasteiger partial charge in [-0.1, -0.05) is 13.8 Å². The molecule has 0 saturated carbocycles. The molecule has 0 fully saturated rings. The van der Waals surface area contributed by atoms with E-state index in [-0.39, 0.29) is 0 Å². The zero-order valence-corrected chi connectivity index (χ0v) is 9.04. The van der Waals surface area contributed by atoms with Crippen molar-refractivity contribution in [3.05, 3.63) is 17.5 Å². The summed E-state index contributed by atoms with van der Waals surface area (Å²) >= 11 is 0. The second kappa shape index (κ2) is 4.19. The first-order valence-corrected chi connectivity index (χ1v) is 5.05. The first-order valence-electron chi connectivity index (χ1n) is 5.05. The quantitative estimate of drug-likeness (QED) is 0.798. The van der Waals surface area contributed by atoms with E-state index in [4.69, 9.17) is 11.0 Å². The summed E-state index contributed by atoms with van der Waals surface area (Å²) in [5.74, 6) is 0. The molecule has 0 amide bonds. The molecule has 0 aromatic carbocycles. The number of anilines is 1. The zero-order chi connectivity index (χ0) is 10.7. The highest BCUT2D eigenvalue weighted by atomic mass is 15.0. The second-order valence-electron chi connectivity index (χ2n) is 3.52. The van der Waals surface area contributed by atoms with Crippen LogP contribution in [0.25, 0.3) is 0 Å². The average Bonchev–Trinajstić information content (AvgIpc) is 2.53. The van der Waals surface area contributed by atoms with Crippen LogP contribution in [0.1, 0.15) is 44.6 Å². The standard InChI is InChI=1S/C11H17N3/c1-4-8(3)14-9(7-12)6-10(13)11(14)5-2/h6,8H,4-5,13H2,1-3H3/t8-/m1/s1. The topological polar surface area (TPSA) is 54.7 Å². The molecule has 0 aliphatic heterocycles. The lowest BCUT2D eigenvalue weighted by molar-refractivity contribution is 0.512. The van der Waals surface area contributed by atoms with Crippen molar-refractivity contribution >= 4 is 5.69 Å². The molecule has 1 atom stereocenters. The average molecular weight is 191 g/mol. The van der Waals surface area contributed by atoms with Gasteiger partial charge < -0.3 is 10.3 Å². The van der Waals surface area contributed by atoms with Gasteiger partial charge in [-0.2, -0.15) is 5.26 Å². The van der Waals surface area contributed by atoms with E-state index in [1.54, 1.807) is 6.07 Å². The van der Waals surface area contributed by atoms with Gasteiger partial charge in [0.25, 0.3) is 0 Å². The third kappa shape index (κ3) is 1.60. The number of aromatic nitrogens is 1. The van der Waals surface area contributed by atoms with Gasteiger partial charge in [0, 0.05) is 11.7 Å². The molecule has 0 aliphatic carbocycles. The van der Waals surface area contributed by atoms with Gasteiger partial charge in [-0.25, -0.2) is 0 Å². The minimum atomic E-state index is 0.344. The molecule has 0 radical (unpaired) electrons. The number of nitriles is 1. The highest BCUT2D eigenvalue weighted by molar-refractivity contribution is 5.51. The largest absolute Gasteiger partial charge is 0.397 e. The fraction of sp³-hybridized carbons (Fsp3) is 0.545. The maximum atomic E-state index is 8.97. The monoisotopic (exact) mass is 191 g/mol. The van der Waals surface area contributed by atoms with Crippen LogP contribution in [-0.4, -0.2) is 4.57 Å². The van der Waals surface area contributed by atoms with Crippen molar-refractivity contribution in [1.82, 2.24) is 4.57 Å². The molecule has 1 rings (SSSR count). The van der Waals surface area contributed by atoms with Crippen LogP contribution in [0.15, 0.2) is 6.07 Å². The number of nitrogens with two attached hydrogens (primary N) is 1. The summed E-state index contributed by atoms with van der Waals surface area (Å²) in [6, 6.07) is 4.30. The van der Waals surface area contributed by atoms with Crippen LogP contribution >= 0.6 is 0 Å². The van der Waals surface area contributed by atoms with E-state index in [0.717, 1.165) is 24.2 Å². The molecule has 3 heteroatoms. The molecule has 1 heterocycles. The lowest BCUT2D eigenvalue weighted by Gasteiger charge is -2.16. The maximum absolute atomic E-state index is 8.97. The van der Waals surface area contributed by atoms with Crippen LogP contribution in [0, 0.1) is 11.3 Å². The fourth-order valence-electron chi connectivity index (χ4n) is 1.73. The third-order valence-corrected chi connectivity index (χ3v) is 2.66. The van der Waals surface area contributed by atoms with E-state index in [0.29, 0.717) is 11.7 Å². The number of nitrogens with zero attached hydrogens (tertiary/aromatic N) is 2. The van der Waals surface area contributed by atoms with Crippen molar-refractivity contribution in [3.63, 3.8) is 0 Å². The normalized spacial score (nSPS) is 12.4. The van der Waals surface area contributed by atoms with E-state index >= 15 is 0 Å². The predicted octanol–water partition coefficient (Wildman–Crippen LogP) is 2.48. The van der Waals surface area contributed by atoms with Gasteiger partial charge in [0.05, 0.1) is 5.69 Å². The van der Waals surface area contributed by atoms with Crippen LogP contribution < -0.4 is 5.73 Å². The molecule has 14 heavy (non-hydrogen) atoms. The van der Waals surface area contributed by atoms with E-state index < -0.39 is 0 Å². The van der Waals surface area contributed by atoms with Crippen LogP contribution in [0.3, 0.4) is 0 Å². The molecule has 0 saturated heterocycles. The van der Waals surface area contributed by atoms with Gasteiger partial charge in [-0.3, -0.25) is 0 Å². The first kappa shape index (κ1) is 10.6. The Bertz CT molecular complexity index is 357. The van der Waals surface area contributed by atoms with Crippen LogP contribution in [0.5, 0.6) is 0 Å². The number of hydrogen-bond donors (Lipinski definition) is 1. The maximum Gasteiger partial charge on any atom is 0.122 e. The zero-order valence-electron chi connectivity index (χ0n) is 9.04. The van der Waals surface area contributed by atoms with E-state index in [2.05, 4.69) is 31.4 Å². The van der Waals surface area contributed by atoms with Crippen molar-refractivity contribution in [2.75, 3.05) is 5.73 Å². The lowest BCUT2D eigenvalue weighted by Crippen LogP contribution is -2.10. The summed E-state index contributed by atoms with van der Waals surface area (Å²) in [5.41, 5.74) is 8.34. The summed E-state index contributed by atoms with van der Waals surface area (Å²) in [6.45, 7) is 6.28. The summed E-state index contributed by atoms with van der Waals surface area (Å²) in [4.78, 5) is 0. The predicted molar refractivity (Wildman–Crippen MR) is 57.9 cm³/mol. The molecule has 0 aliphatic rings. The summed E-state index contributed by atoms with van der Waals surface area (Å²) < 4.78 is 2.05. The molecular formula is C11H17N3. The Morgan fingerprint density at radius 1 is 1.57 bits per heavy atom. The summed E-state index contributed by atoms with van der Waals surface area (Å²) in [5, 5.41) is 8.97. The van der Waals surface area contributed by atoms with Gasteiger partial charge in [0.1, 0.15) is 11.8 Å². The molecule has 1 aromatic rings. The Hall–Kier alpha value is -1.43. The first-order chi connectivity index (χ1) is 6.65. The van der Waals surface area contributed by atoms with Crippen LogP contribution in [0.2, 0.25) is 0 Å². The number of rotatable bonds is 3. The third-order valence-electron chi connectivity index (χ3n) is 2.66. The number of nitrogen functional groups attached to an aromatic ring is 1. The van der Waals surface area contributed by atoms with Crippen molar-refractivity contribution < 1.29 is 0 Å². The highest BCUT2D eigenvalue weighted by Crippen LogP contribution is 2.24. The summed E-state index contributed by atoms with van der Waals surface area (Å²) in [6.07, 6.45) is 1.88. The molecule has 2 N–H and O–H groups in total. The Balaban J connectivity index is 3.29. The fourth-order valence-corrected chi connectivity index (χ4v) is 1.73. The van der Waals surface area contributed by atoms with Crippen LogP contribution in [-0.2, 0) is 6.42 Å². The van der Waals surface area contributed by atoms with Crippen molar-refractivity contribution in [2.24, 2.45) is 0 Å². The van der Waals surface area contributed by atoms with Gasteiger partial charge >= 0.3 is 0 Å². The lowest BCUT2D eigenvalue weighted by atomic mass is 10.2. The van der Waals surface area contributed by atoms with Gasteiger partial charge in [-0.05, 0) is 25.8 Å². The molecule has 3 nitrogen and oxygen atoms in total. The Morgan fingerprint density at radius 3 is 2.64 bits per heavy atom. The second-order valence-corrected chi connectivity index (χ2v) is 3.52. The minimum absolute atomic E-state index is 0.344. The SMILES string of the molecule is CCc1c(N)cc(C#N)n1[C@H](C)CC. The minimum Gasteiger partial charge on any atom is -0.397 e. The molecule has 0 spiro atoms. The van der Waals surface area contributed by atoms with Gasteiger partial charge in [0.15, 0.2) is 0 Å². The van der Waals surface area contributed by atoms with Crippen molar-refractivity contribution in [3.8, 4) is 6.07 Å². The van der Waals surface area contributed by atoms with Gasteiger partial charge in [-0.15, -0.1) is 0 Å². The van der Waals surface area contributed by atoms with Crippen molar-refractivity contribution in [1.29, 1.82) is 5.26 Å². The summed E-state index contributed by atoms with van der Waals surface area (Å²) in [7, 11) is 0. The van der Waals surface area contributed by atoms with Gasteiger partial charge in [0.2, 0.25) is 0 Å². The van der Waals surface area contributed by atoms with E-state index in [9.17, 15) is 0 Å². The van der Waals surface area contributed by atoms with E-state index in [1.165, 1.54) is 0 Å². The van der Waals surface area contributed by atoms with Crippen molar-refractivity contribution in [2.45, 2.75) is 39.7 Å². The molecular weight excluding hydrogens is 174 g/mol. The Kier molecular flexibility index (Phi) is 3.19. The number of hydrogen-bond acceptors (Lipinski definition) is 2. The molecule has 0 bridgehead atoms. The molecule has 0 unspecified atom stereocenters. The van der Waals surface area contributed by atoms with E-state index in [1.807, 2.05) is 0 Å². The van der Waals surface area contributed by atoms with Crippen LogP contribution in [0.4, 0.5) is 5.69 Å². The molecule has 76 valence electrons. The highest BCUT2D eigenvalue weighted by Gasteiger charge is 2.14.